The maximum absolute atomic E-state index is 6.25. The molecule has 102 valence electrons. The van der Waals surface area contributed by atoms with Crippen molar-refractivity contribution in [3.05, 3.63) is 53.9 Å². The third-order valence-corrected chi connectivity index (χ3v) is 3.39. The Kier molecular flexibility index (Phi) is 3.40. The summed E-state index contributed by atoms with van der Waals surface area (Å²) in [4.78, 5) is 13.3. The second kappa shape index (κ2) is 5.21. The summed E-state index contributed by atoms with van der Waals surface area (Å²) < 4.78 is 2.10. The van der Waals surface area contributed by atoms with Crippen molar-refractivity contribution >= 4 is 22.6 Å². The van der Waals surface area contributed by atoms with Crippen LogP contribution in [0.25, 0.3) is 11.0 Å². The standard InChI is InChI=1S/C15H15ClN4/c1-10-7-18-12(8-17-10)9-20-14-6-4-3-5-13(14)19-15(20)11(2)16/h3-8,11H,9H2,1-2H3. The van der Waals surface area contributed by atoms with Crippen molar-refractivity contribution in [2.45, 2.75) is 25.8 Å². The number of hydrogen-bond donors (Lipinski definition) is 0. The molecule has 3 rings (SSSR count). The van der Waals surface area contributed by atoms with Crippen molar-refractivity contribution < 1.29 is 0 Å². The van der Waals surface area contributed by atoms with Crippen molar-refractivity contribution in [3.63, 3.8) is 0 Å². The Bertz CT molecular complexity index is 731. The lowest BCUT2D eigenvalue weighted by Gasteiger charge is -2.10. The monoisotopic (exact) mass is 286 g/mol. The third kappa shape index (κ3) is 2.39. The molecule has 1 aromatic carbocycles. The van der Waals surface area contributed by atoms with Crippen LogP contribution in [-0.2, 0) is 6.54 Å². The number of halogens is 1. The van der Waals surface area contributed by atoms with Gasteiger partial charge in [0.1, 0.15) is 5.82 Å². The number of nitrogens with zero attached hydrogens (tertiary/aromatic N) is 4. The fraction of sp³-hybridized carbons (Fsp3) is 0.267. The van der Waals surface area contributed by atoms with Crippen LogP contribution in [-0.4, -0.2) is 19.5 Å². The minimum absolute atomic E-state index is 0.152. The van der Waals surface area contributed by atoms with E-state index >= 15 is 0 Å². The number of hydrogen-bond acceptors (Lipinski definition) is 3. The molecule has 0 spiro atoms. The quantitative estimate of drug-likeness (QED) is 0.692. The normalized spacial score (nSPS) is 12.8. The minimum Gasteiger partial charge on any atom is -0.321 e. The average Bonchev–Trinajstić information content (AvgIpc) is 2.81. The Balaban J connectivity index is 2.09. The van der Waals surface area contributed by atoms with Crippen LogP contribution in [0.1, 0.15) is 29.5 Å². The average molecular weight is 287 g/mol. The number of imidazole rings is 1. The molecule has 2 heterocycles. The molecule has 0 N–H and O–H groups in total. The van der Waals surface area contributed by atoms with E-state index in [-0.39, 0.29) is 5.38 Å². The first kappa shape index (κ1) is 13.1. The largest absolute Gasteiger partial charge is 0.321 e. The van der Waals surface area contributed by atoms with Crippen LogP contribution in [0.4, 0.5) is 0 Å². The lowest BCUT2D eigenvalue weighted by Crippen LogP contribution is -2.07. The van der Waals surface area contributed by atoms with Crippen LogP contribution in [0.15, 0.2) is 36.7 Å². The second-order valence-electron chi connectivity index (χ2n) is 4.81. The molecule has 0 aliphatic rings. The second-order valence-corrected chi connectivity index (χ2v) is 5.46. The molecule has 0 saturated carbocycles. The summed E-state index contributed by atoms with van der Waals surface area (Å²) in [5.74, 6) is 0.857. The van der Waals surface area contributed by atoms with Gasteiger partial charge in [-0.05, 0) is 26.0 Å². The van der Waals surface area contributed by atoms with Crippen molar-refractivity contribution in [3.8, 4) is 0 Å². The molecule has 0 saturated heterocycles. The number of fused-ring (bicyclic) bond motifs is 1. The Labute approximate surface area is 122 Å². The van der Waals surface area contributed by atoms with Crippen molar-refractivity contribution in [2.24, 2.45) is 0 Å². The van der Waals surface area contributed by atoms with Gasteiger partial charge in [-0.1, -0.05) is 12.1 Å². The Morgan fingerprint density at radius 3 is 2.70 bits per heavy atom. The lowest BCUT2D eigenvalue weighted by atomic mass is 10.3. The van der Waals surface area contributed by atoms with E-state index in [0.29, 0.717) is 6.54 Å². The topological polar surface area (TPSA) is 43.6 Å². The number of alkyl halides is 1. The van der Waals surface area contributed by atoms with Crippen LogP contribution >= 0.6 is 11.6 Å². The van der Waals surface area contributed by atoms with E-state index in [2.05, 4.69) is 19.5 Å². The van der Waals surface area contributed by atoms with Crippen molar-refractivity contribution in [1.29, 1.82) is 0 Å². The van der Waals surface area contributed by atoms with Crippen LogP contribution in [0.2, 0.25) is 0 Å². The van der Waals surface area contributed by atoms with Gasteiger partial charge in [-0.15, -0.1) is 11.6 Å². The van der Waals surface area contributed by atoms with E-state index < -0.39 is 0 Å². The first-order valence-electron chi connectivity index (χ1n) is 6.52. The number of aryl methyl sites for hydroxylation is 1. The van der Waals surface area contributed by atoms with Crippen LogP contribution in [0.5, 0.6) is 0 Å². The van der Waals surface area contributed by atoms with Crippen LogP contribution in [0, 0.1) is 6.92 Å². The number of para-hydroxylation sites is 2. The summed E-state index contributed by atoms with van der Waals surface area (Å²) >= 11 is 6.25. The molecule has 0 aliphatic carbocycles. The highest BCUT2D eigenvalue weighted by atomic mass is 35.5. The Morgan fingerprint density at radius 1 is 1.20 bits per heavy atom. The first-order valence-corrected chi connectivity index (χ1v) is 6.95. The SMILES string of the molecule is Cc1cnc(Cn2c(C(C)Cl)nc3ccccc32)cn1. The van der Waals surface area contributed by atoms with E-state index in [0.717, 1.165) is 28.2 Å². The van der Waals surface area contributed by atoms with Crippen molar-refractivity contribution in [2.75, 3.05) is 0 Å². The van der Waals surface area contributed by atoms with Gasteiger partial charge in [0.25, 0.3) is 0 Å². The number of rotatable bonds is 3. The third-order valence-electron chi connectivity index (χ3n) is 3.19. The predicted molar refractivity (Wildman–Crippen MR) is 79.9 cm³/mol. The highest BCUT2D eigenvalue weighted by Gasteiger charge is 2.15. The first-order chi connectivity index (χ1) is 9.65. The summed E-state index contributed by atoms with van der Waals surface area (Å²) in [7, 11) is 0. The molecule has 0 bridgehead atoms. The molecule has 5 heteroatoms. The fourth-order valence-corrected chi connectivity index (χ4v) is 2.39. The maximum atomic E-state index is 6.25. The zero-order valence-corrected chi connectivity index (χ0v) is 12.2. The van der Waals surface area contributed by atoms with Gasteiger partial charge < -0.3 is 4.57 Å². The lowest BCUT2D eigenvalue weighted by molar-refractivity contribution is 0.722. The van der Waals surface area contributed by atoms with Gasteiger partial charge in [-0.25, -0.2) is 4.98 Å². The summed E-state index contributed by atoms with van der Waals surface area (Å²) in [6.45, 7) is 4.48. The van der Waals surface area contributed by atoms with E-state index in [1.165, 1.54) is 0 Å². The van der Waals surface area contributed by atoms with Gasteiger partial charge in [-0.3, -0.25) is 9.97 Å². The molecule has 1 atom stereocenters. The Morgan fingerprint density at radius 2 is 2.00 bits per heavy atom. The molecule has 0 fully saturated rings. The zero-order chi connectivity index (χ0) is 14.1. The highest BCUT2D eigenvalue weighted by Crippen LogP contribution is 2.25. The fourth-order valence-electron chi connectivity index (χ4n) is 2.23. The summed E-state index contributed by atoms with van der Waals surface area (Å²) in [5.41, 5.74) is 3.83. The van der Waals surface area contributed by atoms with E-state index in [1.54, 1.807) is 12.4 Å². The molecular weight excluding hydrogens is 272 g/mol. The summed E-state index contributed by atoms with van der Waals surface area (Å²) in [6, 6.07) is 8.03. The zero-order valence-electron chi connectivity index (χ0n) is 11.4. The molecule has 2 aromatic heterocycles. The van der Waals surface area contributed by atoms with Gasteiger partial charge in [0.15, 0.2) is 0 Å². The van der Waals surface area contributed by atoms with Gasteiger partial charge >= 0.3 is 0 Å². The minimum atomic E-state index is -0.152. The van der Waals surface area contributed by atoms with E-state index in [4.69, 9.17) is 11.6 Å². The van der Waals surface area contributed by atoms with Crippen LogP contribution < -0.4 is 0 Å². The molecule has 0 radical (unpaired) electrons. The van der Waals surface area contributed by atoms with Crippen molar-refractivity contribution in [1.82, 2.24) is 19.5 Å². The number of aromatic nitrogens is 4. The molecular formula is C15H15ClN4. The number of benzene rings is 1. The van der Waals surface area contributed by atoms with E-state index in [1.807, 2.05) is 38.1 Å². The molecule has 20 heavy (non-hydrogen) atoms. The molecule has 4 nitrogen and oxygen atoms in total. The maximum Gasteiger partial charge on any atom is 0.128 e. The molecule has 0 amide bonds. The van der Waals surface area contributed by atoms with Crippen LogP contribution in [0.3, 0.4) is 0 Å². The van der Waals surface area contributed by atoms with E-state index in [9.17, 15) is 0 Å². The molecule has 1 unspecified atom stereocenters. The van der Waals surface area contributed by atoms with Gasteiger partial charge in [-0.2, -0.15) is 0 Å². The molecule has 0 aliphatic heterocycles. The predicted octanol–water partition coefficient (Wildman–Crippen LogP) is 3.48. The van der Waals surface area contributed by atoms with Gasteiger partial charge in [0, 0.05) is 6.20 Å². The van der Waals surface area contributed by atoms with Gasteiger partial charge in [0.05, 0.1) is 40.5 Å². The summed E-state index contributed by atoms with van der Waals surface area (Å²) in [5, 5.41) is -0.152. The highest BCUT2D eigenvalue weighted by molar-refractivity contribution is 6.20. The summed E-state index contributed by atoms with van der Waals surface area (Å²) in [6.07, 6.45) is 3.57. The Hall–Kier alpha value is -1.94. The van der Waals surface area contributed by atoms with Gasteiger partial charge in [0.2, 0.25) is 0 Å². The molecule has 3 aromatic rings. The smallest absolute Gasteiger partial charge is 0.128 e.